The number of nitrogens with one attached hydrogen (secondary N) is 1. The van der Waals surface area contributed by atoms with Crippen molar-refractivity contribution in [1.82, 2.24) is 10.2 Å². The van der Waals surface area contributed by atoms with Crippen molar-refractivity contribution in [2.24, 2.45) is 0 Å². The molecule has 0 bridgehead atoms. The zero-order chi connectivity index (χ0) is 11.3. The van der Waals surface area contributed by atoms with Crippen LogP contribution in [-0.2, 0) is 0 Å². The monoisotopic (exact) mass is 214 g/mol. The third-order valence-corrected chi connectivity index (χ3v) is 3.44. The molecule has 0 aromatic carbocycles. The van der Waals surface area contributed by atoms with Crippen LogP contribution in [0.3, 0.4) is 0 Å². The van der Waals surface area contributed by atoms with E-state index >= 15 is 0 Å². The molecule has 0 aliphatic heterocycles. The second-order valence-corrected chi connectivity index (χ2v) is 4.85. The van der Waals surface area contributed by atoms with Gasteiger partial charge in [0.1, 0.15) is 0 Å². The van der Waals surface area contributed by atoms with Gasteiger partial charge in [-0.15, -0.1) is 0 Å². The number of aliphatic hydroxyl groups is 1. The van der Waals surface area contributed by atoms with E-state index in [9.17, 15) is 5.11 Å². The van der Waals surface area contributed by atoms with Crippen molar-refractivity contribution in [3.63, 3.8) is 0 Å². The molecule has 2 unspecified atom stereocenters. The summed E-state index contributed by atoms with van der Waals surface area (Å²) in [5.74, 6) is 0. The summed E-state index contributed by atoms with van der Waals surface area (Å²) in [6.45, 7) is 5.81. The van der Waals surface area contributed by atoms with Gasteiger partial charge in [0.15, 0.2) is 0 Å². The van der Waals surface area contributed by atoms with Crippen LogP contribution in [0.1, 0.15) is 39.5 Å². The Kier molecular flexibility index (Phi) is 5.58. The first kappa shape index (κ1) is 12.9. The van der Waals surface area contributed by atoms with Crippen molar-refractivity contribution >= 4 is 0 Å². The summed E-state index contributed by atoms with van der Waals surface area (Å²) in [5, 5.41) is 12.7. The first-order valence-electron chi connectivity index (χ1n) is 6.24. The van der Waals surface area contributed by atoms with Gasteiger partial charge in [-0.05, 0) is 46.2 Å². The summed E-state index contributed by atoms with van der Waals surface area (Å²) in [6, 6.07) is 1.63. The highest BCUT2D eigenvalue weighted by atomic mass is 16.3. The van der Waals surface area contributed by atoms with Crippen molar-refractivity contribution in [2.75, 3.05) is 20.2 Å². The number of nitrogens with zero attached hydrogens (tertiary/aromatic N) is 1. The van der Waals surface area contributed by atoms with Gasteiger partial charge in [-0.25, -0.2) is 0 Å². The Bertz CT molecular complexity index is 171. The van der Waals surface area contributed by atoms with Crippen LogP contribution in [0.25, 0.3) is 0 Å². The third-order valence-electron chi connectivity index (χ3n) is 3.44. The van der Waals surface area contributed by atoms with Crippen molar-refractivity contribution in [3.8, 4) is 0 Å². The Labute approximate surface area is 93.9 Å². The van der Waals surface area contributed by atoms with Crippen LogP contribution in [-0.4, -0.2) is 48.3 Å². The molecule has 1 saturated carbocycles. The van der Waals surface area contributed by atoms with Crippen molar-refractivity contribution in [2.45, 2.75) is 57.7 Å². The maximum atomic E-state index is 9.23. The molecular weight excluding hydrogens is 188 g/mol. The van der Waals surface area contributed by atoms with E-state index in [2.05, 4.69) is 31.1 Å². The van der Waals surface area contributed by atoms with E-state index in [0.29, 0.717) is 18.1 Å². The lowest BCUT2D eigenvalue weighted by molar-refractivity contribution is 0.197. The molecule has 0 spiro atoms. The molecule has 2 N–H and O–H groups in total. The lowest BCUT2D eigenvalue weighted by Gasteiger charge is -2.25. The van der Waals surface area contributed by atoms with Crippen molar-refractivity contribution < 1.29 is 5.11 Å². The molecule has 90 valence electrons. The van der Waals surface area contributed by atoms with E-state index in [4.69, 9.17) is 0 Å². The van der Waals surface area contributed by atoms with Crippen LogP contribution in [0.4, 0.5) is 0 Å². The Morgan fingerprint density at radius 3 is 2.60 bits per heavy atom. The molecule has 3 nitrogen and oxygen atoms in total. The molecule has 1 aliphatic carbocycles. The first-order valence-corrected chi connectivity index (χ1v) is 6.24. The van der Waals surface area contributed by atoms with Gasteiger partial charge in [-0.1, -0.05) is 6.92 Å². The smallest absolute Gasteiger partial charge is 0.0585 e. The third kappa shape index (κ3) is 4.96. The van der Waals surface area contributed by atoms with Gasteiger partial charge in [0.25, 0.3) is 0 Å². The van der Waals surface area contributed by atoms with Crippen LogP contribution in [0.15, 0.2) is 0 Å². The highest BCUT2D eigenvalue weighted by molar-refractivity contribution is 4.85. The molecule has 0 heterocycles. The molecule has 1 rings (SSSR count). The average Bonchev–Trinajstić information content (AvgIpc) is 3.06. The maximum absolute atomic E-state index is 9.23. The Balaban J connectivity index is 2.14. The fourth-order valence-corrected chi connectivity index (χ4v) is 1.70. The topological polar surface area (TPSA) is 35.5 Å². The van der Waals surface area contributed by atoms with Gasteiger partial charge in [0, 0.05) is 18.1 Å². The largest absolute Gasteiger partial charge is 0.395 e. The number of hydrogen-bond acceptors (Lipinski definition) is 3. The predicted molar refractivity (Wildman–Crippen MR) is 64.0 cm³/mol. The van der Waals surface area contributed by atoms with Crippen LogP contribution in [0.5, 0.6) is 0 Å². The van der Waals surface area contributed by atoms with E-state index in [0.717, 1.165) is 13.0 Å². The molecule has 2 atom stereocenters. The first-order chi connectivity index (χ1) is 7.17. The standard InChI is InChI=1S/C12H26N2O/c1-4-10(2)14(3)8-7-12(9-15)13-11-5-6-11/h10-13,15H,4-9H2,1-3H3. The van der Waals surface area contributed by atoms with Gasteiger partial charge < -0.3 is 15.3 Å². The van der Waals surface area contributed by atoms with Crippen LogP contribution in [0.2, 0.25) is 0 Å². The maximum Gasteiger partial charge on any atom is 0.0585 e. The van der Waals surface area contributed by atoms with Crippen LogP contribution in [0, 0.1) is 0 Å². The molecule has 0 amide bonds. The van der Waals surface area contributed by atoms with Crippen molar-refractivity contribution in [3.05, 3.63) is 0 Å². The van der Waals surface area contributed by atoms with E-state index in [1.54, 1.807) is 0 Å². The highest BCUT2D eigenvalue weighted by Gasteiger charge is 2.24. The quantitative estimate of drug-likeness (QED) is 0.638. The minimum absolute atomic E-state index is 0.269. The lowest BCUT2D eigenvalue weighted by Crippen LogP contribution is -2.39. The Morgan fingerprint density at radius 1 is 1.47 bits per heavy atom. The fourth-order valence-electron chi connectivity index (χ4n) is 1.70. The summed E-state index contributed by atoms with van der Waals surface area (Å²) in [7, 11) is 2.17. The summed E-state index contributed by atoms with van der Waals surface area (Å²) >= 11 is 0. The lowest BCUT2D eigenvalue weighted by atomic mass is 10.1. The summed E-state index contributed by atoms with van der Waals surface area (Å²) in [6.07, 6.45) is 4.82. The molecule has 0 aromatic rings. The molecule has 0 radical (unpaired) electrons. The molecule has 15 heavy (non-hydrogen) atoms. The average molecular weight is 214 g/mol. The van der Waals surface area contributed by atoms with E-state index in [1.165, 1.54) is 19.3 Å². The predicted octanol–water partition coefficient (Wildman–Crippen LogP) is 1.22. The molecule has 1 aliphatic rings. The van der Waals surface area contributed by atoms with E-state index in [1.807, 2.05) is 0 Å². The highest BCUT2D eigenvalue weighted by Crippen LogP contribution is 2.19. The Hall–Kier alpha value is -0.120. The molecular formula is C12H26N2O. The van der Waals surface area contributed by atoms with E-state index < -0.39 is 0 Å². The van der Waals surface area contributed by atoms with Gasteiger partial charge in [0.05, 0.1) is 6.61 Å². The van der Waals surface area contributed by atoms with Crippen LogP contribution >= 0.6 is 0 Å². The normalized spacial score (nSPS) is 20.6. The molecule has 3 heteroatoms. The SMILES string of the molecule is CCC(C)N(C)CCC(CO)NC1CC1. The van der Waals surface area contributed by atoms with Gasteiger partial charge >= 0.3 is 0 Å². The minimum atomic E-state index is 0.269. The fraction of sp³-hybridized carbons (Fsp3) is 1.00. The number of rotatable bonds is 8. The minimum Gasteiger partial charge on any atom is -0.395 e. The molecule has 0 aromatic heterocycles. The van der Waals surface area contributed by atoms with Gasteiger partial charge in [-0.2, -0.15) is 0 Å². The zero-order valence-corrected chi connectivity index (χ0v) is 10.4. The summed E-state index contributed by atoms with van der Waals surface area (Å²) in [4.78, 5) is 2.37. The Morgan fingerprint density at radius 2 is 2.13 bits per heavy atom. The van der Waals surface area contributed by atoms with Gasteiger partial charge in [0.2, 0.25) is 0 Å². The zero-order valence-electron chi connectivity index (χ0n) is 10.4. The molecule has 1 fully saturated rings. The van der Waals surface area contributed by atoms with Crippen molar-refractivity contribution in [1.29, 1.82) is 0 Å². The van der Waals surface area contributed by atoms with Crippen LogP contribution < -0.4 is 5.32 Å². The second-order valence-electron chi connectivity index (χ2n) is 4.85. The van der Waals surface area contributed by atoms with E-state index in [-0.39, 0.29) is 6.61 Å². The summed E-state index contributed by atoms with van der Waals surface area (Å²) < 4.78 is 0. The van der Waals surface area contributed by atoms with Gasteiger partial charge in [-0.3, -0.25) is 0 Å². The number of aliphatic hydroxyl groups excluding tert-OH is 1. The second kappa shape index (κ2) is 6.46. The summed E-state index contributed by atoms with van der Waals surface area (Å²) in [5.41, 5.74) is 0. The number of hydrogen-bond donors (Lipinski definition) is 2. The molecule has 0 saturated heterocycles.